The van der Waals surface area contributed by atoms with Gasteiger partial charge < -0.3 is 15.2 Å². The van der Waals surface area contributed by atoms with E-state index in [0.29, 0.717) is 17.0 Å². The number of benzene rings is 2. The third kappa shape index (κ3) is 5.93. The maximum absolute atomic E-state index is 14.0. The molecule has 0 spiro atoms. The number of carbonyl (C=O) groups excluding carboxylic acids is 1. The Morgan fingerprint density at radius 2 is 1.97 bits per heavy atom. The van der Waals surface area contributed by atoms with Crippen molar-refractivity contribution >= 4 is 23.2 Å². The van der Waals surface area contributed by atoms with Crippen molar-refractivity contribution in [2.45, 2.75) is 20.0 Å². The van der Waals surface area contributed by atoms with Gasteiger partial charge in [-0.3, -0.25) is 9.78 Å². The minimum Gasteiger partial charge on any atom is -0.324 e. The molecule has 0 fully saturated rings. The van der Waals surface area contributed by atoms with E-state index < -0.39 is 54.0 Å². The molecule has 196 valence electrons. The molecule has 5 aromatic rings. The highest BCUT2D eigenvalue weighted by atomic mass is 19.4. The minimum absolute atomic E-state index is 0.0116. The Balaban J connectivity index is 1.56. The zero-order valence-electron chi connectivity index (χ0n) is 26.1. The fourth-order valence-electron chi connectivity index (χ4n) is 3.52. The van der Waals surface area contributed by atoms with Gasteiger partial charge in [-0.25, -0.2) is 15.0 Å². The SMILES string of the molecule is [2H]c1c(NC(=O)c2ccc(C([2H])([2H])[2H])c(Nc3nccc(-c4cccnc4)n3)c2)c([2H])c(C(F)(F)F)c([2H])c1-n1cnc(C)c1. The van der Waals surface area contributed by atoms with Crippen molar-refractivity contribution in [1.82, 2.24) is 24.5 Å². The van der Waals surface area contributed by atoms with Crippen LogP contribution in [0.5, 0.6) is 0 Å². The fraction of sp³-hybridized carbons (Fsp3) is 0.107. The van der Waals surface area contributed by atoms with Crippen LogP contribution in [0.3, 0.4) is 0 Å². The lowest BCUT2D eigenvalue weighted by Gasteiger charge is -2.14. The Hall–Kier alpha value is -5.06. The Bertz CT molecular complexity index is 1910. The molecule has 11 heteroatoms. The number of hydrogen-bond donors (Lipinski definition) is 2. The summed E-state index contributed by atoms with van der Waals surface area (Å²) >= 11 is 0. The second-order valence-electron chi connectivity index (χ2n) is 8.24. The number of nitrogens with zero attached hydrogens (tertiary/aromatic N) is 5. The summed E-state index contributed by atoms with van der Waals surface area (Å²) in [6.45, 7) is -1.09. The second kappa shape index (κ2) is 10.4. The molecule has 0 saturated heterocycles. The Kier molecular flexibility index (Phi) is 5.07. The summed E-state index contributed by atoms with van der Waals surface area (Å²) in [4.78, 5) is 29.9. The molecule has 1 amide bonds. The first-order valence-corrected chi connectivity index (χ1v) is 11.3. The van der Waals surface area contributed by atoms with Crippen LogP contribution in [0, 0.1) is 13.8 Å². The van der Waals surface area contributed by atoms with Crippen molar-refractivity contribution in [3.63, 3.8) is 0 Å². The van der Waals surface area contributed by atoms with Crippen molar-refractivity contribution in [3.8, 4) is 16.9 Å². The molecule has 3 heterocycles. The van der Waals surface area contributed by atoms with E-state index in [9.17, 15) is 18.0 Å². The van der Waals surface area contributed by atoms with Gasteiger partial charge in [0.05, 0.1) is 27.4 Å². The zero-order chi connectivity index (χ0) is 32.7. The molecule has 5 rings (SSSR count). The number of aromatic nitrogens is 5. The number of anilines is 3. The number of rotatable bonds is 6. The average Bonchev–Trinajstić information content (AvgIpc) is 3.39. The van der Waals surface area contributed by atoms with E-state index in [1.54, 1.807) is 37.5 Å². The van der Waals surface area contributed by atoms with E-state index in [4.69, 9.17) is 8.22 Å². The maximum Gasteiger partial charge on any atom is 0.416 e. The van der Waals surface area contributed by atoms with Crippen LogP contribution in [0.1, 0.15) is 35.4 Å². The third-order valence-electron chi connectivity index (χ3n) is 5.37. The molecule has 2 aromatic carbocycles. The molecule has 0 saturated carbocycles. The van der Waals surface area contributed by atoms with Gasteiger partial charge >= 0.3 is 6.18 Å². The third-order valence-corrected chi connectivity index (χ3v) is 5.37. The van der Waals surface area contributed by atoms with Gasteiger partial charge in [-0.2, -0.15) is 13.2 Å². The molecule has 0 bridgehead atoms. The van der Waals surface area contributed by atoms with Gasteiger partial charge in [-0.1, -0.05) is 6.07 Å². The number of nitrogens with one attached hydrogen (secondary N) is 2. The molecular formula is C28H22F3N7O. The van der Waals surface area contributed by atoms with Crippen LogP contribution in [0.4, 0.5) is 30.5 Å². The lowest BCUT2D eigenvalue weighted by Crippen LogP contribution is -2.14. The van der Waals surface area contributed by atoms with E-state index in [0.717, 1.165) is 29.1 Å². The lowest BCUT2D eigenvalue weighted by atomic mass is 10.1. The number of hydrogen-bond acceptors (Lipinski definition) is 6. The number of amides is 1. The standard InChI is InChI=1S/C28H22F3N7O/c1-17-5-6-19(10-25(17)37-27-33-9-7-24(36-27)20-4-3-8-32-14-20)26(39)35-22-11-21(28(29,30)31)12-23(13-22)38-15-18(2)34-16-38/h3-16H,1-2H3,(H,35,39)(H,33,36,37)/i1D3,11D,12D,13D. The molecule has 8 nitrogen and oxygen atoms in total. The number of imidazole rings is 1. The molecular weight excluding hydrogens is 507 g/mol. The van der Waals surface area contributed by atoms with Crippen LogP contribution in [0.25, 0.3) is 16.9 Å². The van der Waals surface area contributed by atoms with Crippen LogP contribution in [-0.2, 0) is 6.18 Å². The minimum atomic E-state index is -5.16. The summed E-state index contributed by atoms with van der Waals surface area (Å²) < 4.78 is 91.8. The normalized spacial score (nSPS) is 13.8. The molecule has 0 aliphatic carbocycles. The second-order valence-corrected chi connectivity index (χ2v) is 8.24. The summed E-state index contributed by atoms with van der Waals surface area (Å²) in [6.07, 6.45) is 1.85. The van der Waals surface area contributed by atoms with Crippen molar-refractivity contribution in [2.75, 3.05) is 10.6 Å². The molecule has 3 aromatic heterocycles. The number of aryl methyl sites for hydroxylation is 2. The monoisotopic (exact) mass is 535 g/mol. The maximum atomic E-state index is 14.0. The lowest BCUT2D eigenvalue weighted by molar-refractivity contribution is -0.137. The van der Waals surface area contributed by atoms with Gasteiger partial charge in [0, 0.05) is 57.1 Å². The summed E-state index contributed by atoms with van der Waals surface area (Å²) in [6, 6.07) is 5.40. The van der Waals surface area contributed by atoms with E-state index in [1.165, 1.54) is 12.4 Å². The van der Waals surface area contributed by atoms with E-state index in [-0.39, 0.29) is 22.8 Å². The Morgan fingerprint density at radius 1 is 1.10 bits per heavy atom. The Morgan fingerprint density at radius 3 is 2.69 bits per heavy atom. The molecule has 0 aliphatic heterocycles. The number of carbonyl (C=O) groups is 1. The van der Waals surface area contributed by atoms with Crippen LogP contribution >= 0.6 is 0 Å². The number of pyridine rings is 1. The molecule has 0 aliphatic rings. The van der Waals surface area contributed by atoms with Gasteiger partial charge in [0.25, 0.3) is 5.91 Å². The van der Waals surface area contributed by atoms with E-state index >= 15 is 0 Å². The highest BCUT2D eigenvalue weighted by molar-refractivity contribution is 6.05. The fourth-order valence-corrected chi connectivity index (χ4v) is 3.52. The predicted octanol–water partition coefficient (Wildman–Crippen LogP) is 6.36. The van der Waals surface area contributed by atoms with E-state index in [2.05, 4.69) is 30.6 Å². The zero-order valence-corrected chi connectivity index (χ0v) is 20.1. The van der Waals surface area contributed by atoms with Crippen molar-refractivity contribution < 1.29 is 26.2 Å². The van der Waals surface area contributed by atoms with Crippen LogP contribution < -0.4 is 10.6 Å². The first-order chi connectivity index (χ1) is 21.1. The first kappa shape index (κ1) is 19.1. The van der Waals surface area contributed by atoms with E-state index in [1.807, 2.05) is 0 Å². The highest BCUT2D eigenvalue weighted by Crippen LogP contribution is 2.33. The largest absolute Gasteiger partial charge is 0.416 e. The van der Waals surface area contributed by atoms with Crippen LogP contribution in [0.2, 0.25) is 0 Å². The first-order valence-electron chi connectivity index (χ1n) is 14.3. The van der Waals surface area contributed by atoms with Gasteiger partial charge in [-0.15, -0.1) is 0 Å². The van der Waals surface area contributed by atoms with Gasteiger partial charge in [0.15, 0.2) is 0 Å². The topological polar surface area (TPSA) is 97.6 Å². The van der Waals surface area contributed by atoms with Crippen LogP contribution in [0.15, 0.2) is 85.6 Å². The summed E-state index contributed by atoms with van der Waals surface area (Å²) in [5.41, 5.74) is -1.97. The summed E-state index contributed by atoms with van der Waals surface area (Å²) in [5, 5.41) is 4.99. The molecule has 0 unspecified atom stereocenters. The van der Waals surface area contributed by atoms with Crippen LogP contribution in [-0.4, -0.2) is 30.4 Å². The molecule has 0 radical (unpaired) electrons. The summed E-state index contributed by atoms with van der Waals surface area (Å²) in [7, 11) is 0. The Labute approximate surface area is 230 Å². The number of alkyl halides is 3. The smallest absolute Gasteiger partial charge is 0.324 e. The molecule has 39 heavy (non-hydrogen) atoms. The van der Waals surface area contributed by atoms with Crippen molar-refractivity contribution in [3.05, 3.63) is 108 Å². The molecule has 2 N–H and O–H groups in total. The van der Waals surface area contributed by atoms with Crippen molar-refractivity contribution in [2.24, 2.45) is 0 Å². The van der Waals surface area contributed by atoms with Gasteiger partial charge in [-0.05, 0) is 67.8 Å². The van der Waals surface area contributed by atoms with Gasteiger partial charge in [0.2, 0.25) is 5.95 Å². The van der Waals surface area contributed by atoms with Crippen molar-refractivity contribution in [1.29, 1.82) is 0 Å². The number of halogens is 3. The average molecular weight is 536 g/mol. The predicted molar refractivity (Wildman–Crippen MR) is 141 cm³/mol. The quantitative estimate of drug-likeness (QED) is 0.263. The highest BCUT2D eigenvalue weighted by Gasteiger charge is 2.31. The molecule has 0 atom stereocenters. The summed E-state index contributed by atoms with van der Waals surface area (Å²) in [5.74, 6) is -1.05. The van der Waals surface area contributed by atoms with Gasteiger partial charge in [0.1, 0.15) is 0 Å².